The Morgan fingerprint density at radius 3 is 2.50 bits per heavy atom. The van der Waals surface area contributed by atoms with Crippen LogP contribution in [0.4, 0.5) is 0 Å². The van der Waals surface area contributed by atoms with E-state index in [2.05, 4.69) is 4.99 Å². The summed E-state index contributed by atoms with van der Waals surface area (Å²) in [6, 6.07) is -0.784. The van der Waals surface area contributed by atoms with Gasteiger partial charge in [-0.25, -0.2) is 0 Å². The van der Waals surface area contributed by atoms with Gasteiger partial charge in [-0.2, -0.15) is 0 Å². The Morgan fingerprint density at radius 1 is 1.50 bits per heavy atom. The van der Waals surface area contributed by atoms with Gasteiger partial charge in [0.05, 0.1) is 12.4 Å². The number of hydrogen-bond acceptors (Lipinski definition) is 3. The third-order valence-corrected chi connectivity index (χ3v) is 1.87. The predicted molar refractivity (Wildman–Crippen MR) is 68.0 cm³/mol. The number of aliphatic imine (C=N–C) groups is 1. The molecule has 1 atom stereocenters. The van der Waals surface area contributed by atoms with E-state index in [9.17, 15) is 4.79 Å². The van der Waals surface area contributed by atoms with E-state index in [1.807, 2.05) is 13.0 Å². The van der Waals surface area contributed by atoms with Gasteiger partial charge in [0.2, 0.25) is 0 Å². The summed E-state index contributed by atoms with van der Waals surface area (Å²) in [6.07, 6.45) is 3.03. The molecule has 94 valence electrons. The van der Waals surface area contributed by atoms with E-state index >= 15 is 0 Å². The summed E-state index contributed by atoms with van der Waals surface area (Å²) in [5.41, 5.74) is 11.8. The van der Waals surface area contributed by atoms with Gasteiger partial charge in [0.1, 0.15) is 6.04 Å². The number of nitrogens with two attached hydrogens (primary N) is 2. The summed E-state index contributed by atoms with van der Waals surface area (Å²) >= 11 is 0. The van der Waals surface area contributed by atoms with E-state index in [1.165, 1.54) is 0 Å². The first-order valence-corrected chi connectivity index (χ1v) is 4.84. The lowest BCUT2D eigenvalue weighted by Crippen LogP contribution is -2.29. The third kappa shape index (κ3) is 9.48. The smallest absolute Gasteiger partial charge is 0.320 e. The number of rotatable bonds is 6. The maximum Gasteiger partial charge on any atom is 0.320 e. The fraction of sp³-hybridized carbons (Fsp3) is 0.600. The highest BCUT2D eigenvalue weighted by atomic mass is 35.5. The molecule has 0 aliphatic carbocycles. The number of carboxylic acids is 1. The van der Waals surface area contributed by atoms with Crippen LogP contribution in [0.5, 0.6) is 0 Å². The summed E-state index contributed by atoms with van der Waals surface area (Å²) in [5.74, 6) is -0.415. The molecule has 0 saturated heterocycles. The lowest BCUT2D eigenvalue weighted by Gasteiger charge is -2.03. The molecule has 16 heavy (non-hydrogen) atoms. The number of amidine groups is 1. The van der Waals surface area contributed by atoms with E-state index in [0.717, 1.165) is 5.57 Å². The average molecular weight is 250 g/mol. The summed E-state index contributed by atoms with van der Waals surface area (Å²) in [7, 11) is 0. The minimum absolute atomic E-state index is 0. The van der Waals surface area contributed by atoms with Crippen LogP contribution in [0.15, 0.2) is 16.6 Å². The molecule has 0 aromatic carbocycles. The highest BCUT2D eigenvalue weighted by Gasteiger charge is 2.09. The fourth-order valence-corrected chi connectivity index (χ4v) is 0.947. The summed E-state index contributed by atoms with van der Waals surface area (Å²) in [5, 5.41) is 8.54. The average Bonchev–Trinajstić information content (AvgIpc) is 2.14. The number of carboxylic acid groups (broad SMARTS) is 1. The van der Waals surface area contributed by atoms with Crippen LogP contribution in [-0.4, -0.2) is 29.5 Å². The molecule has 0 saturated carbocycles. The Balaban J connectivity index is 0. The van der Waals surface area contributed by atoms with Gasteiger partial charge in [0, 0.05) is 0 Å². The lowest BCUT2D eigenvalue weighted by molar-refractivity contribution is -0.138. The van der Waals surface area contributed by atoms with Gasteiger partial charge in [-0.3, -0.25) is 9.79 Å². The third-order valence-electron chi connectivity index (χ3n) is 1.87. The lowest BCUT2D eigenvalue weighted by atomic mass is 10.1. The zero-order valence-electron chi connectivity index (χ0n) is 9.64. The number of aliphatic carboxylic acids is 1. The molecule has 5 nitrogen and oxygen atoms in total. The fourth-order valence-electron chi connectivity index (χ4n) is 0.947. The molecule has 0 aliphatic rings. The first-order chi connectivity index (χ1) is 6.93. The summed E-state index contributed by atoms with van der Waals surface area (Å²) in [4.78, 5) is 14.4. The van der Waals surface area contributed by atoms with Gasteiger partial charge < -0.3 is 16.6 Å². The standard InChI is InChI=1S/C10H19N3O2.ClH/c1-7(6-13-8(2)11)4-3-5-9(12)10(14)15;/h4,9H,3,5-6,12H2,1-2H3,(H2,11,13)(H,14,15);1H/b7-4+;/t9-;/m0./s1. The van der Waals surface area contributed by atoms with Crippen molar-refractivity contribution < 1.29 is 9.90 Å². The first kappa shape index (κ1) is 17.3. The second kappa shape index (κ2) is 9.18. The molecule has 0 rings (SSSR count). The highest BCUT2D eigenvalue weighted by molar-refractivity contribution is 5.85. The van der Waals surface area contributed by atoms with E-state index in [-0.39, 0.29) is 12.4 Å². The van der Waals surface area contributed by atoms with Crippen molar-refractivity contribution in [3.8, 4) is 0 Å². The highest BCUT2D eigenvalue weighted by Crippen LogP contribution is 2.01. The van der Waals surface area contributed by atoms with Crippen molar-refractivity contribution in [2.45, 2.75) is 32.7 Å². The Bertz CT molecular complexity index is 273. The SMILES string of the molecule is CC(N)=NC/C(C)=C/CC[C@H](N)C(=O)O.Cl. The maximum absolute atomic E-state index is 10.4. The molecule has 0 unspecified atom stereocenters. The Labute approximate surface area is 102 Å². The van der Waals surface area contributed by atoms with Crippen molar-refractivity contribution in [3.05, 3.63) is 11.6 Å². The molecule has 5 N–H and O–H groups in total. The second-order valence-corrected chi connectivity index (χ2v) is 3.53. The Hall–Kier alpha value is -1.07. The molecule has 0 bridgehead atoms. The van der Waals surface area contributed by atoms with Crippen LogP contribution in [0.25, 0.3) is 0 Å². The largest absolute Gasteiger partial charge is 0.480 e. The number of halogens is 1. The normalized spacial score (nSPS) is 14.2. The van der Waals surface area contributed by atoms with Crippen LogP contribution < -0.4 is 11.5 Å². The van der Waals surface area contributed by atoms with Gasteiger partial charge in [-0.15, -0.1) is 12.4 Å². The van der Waals surface area contributed by atoms with Gasteiger partial charge in [-0.05, 0) is 26.7 Å². The molecule has 0 heterocycles. The van der Waals surface area contributed by atoms with E-state index < -0.39 is 12.0 Å². The summed E-state index contributed by atoms with van der Waals surface area (Å²) < 4.78 is 0. The zero-order chi connectivity index (χ0) is 11.8. The molecule has 0 aliphatic heterocycles. The Morgan fingerprint density at radius 2 is 2.06 bits per heavy atom. The van der Waals surface area contributed by atoms with Crippen LogP contribution in [0.3, 0.4) is 0 Å². The van der Waals surface area contributed by atoms with Crippen molar-refractivity contribution >= 4 is 24.2 Å². The van der Waals surface area contributed by atoms with Crippen molar-refractivity contribution in [3.63, 3.8) is 0 Å². The molecule has 0 radical (unpaired) electrons. The maximum atomic E-state index is 10.4. The van der Waals surface area contributed by atoms with Crippen molar-refractivity contribution in [2.24, 2.45) is 16.5 Å². The topological polar surface area (TPSA) is 102 Å². The summed E-state index contributed by atoms with van der Waals surface area (Å²) in [6.45, 7) is 4.22. The van der Waals surface area contributed by atoms with Gasteiger partial charge >= 0.3 is 5.97 Å². The number of nitrogens with zero attached hydrogens (tertiary/aromatic N) is 1. The molecule has 0 aromatic heterocycles. The molecule has 6 heteroatoms. The van der Waals surface area contributed by atoms with Crippen molar-refractivity contribution in [1.82, 2.24) is 0 Å². The molecule has 0 fully saturated rings. The molecule has 0 spiro atoms. The van der Waals surface area contributed by atoms with Crippen molar-refractivity contribution in [1.29, 1.82) is 0 Å². The number of hydrogen-bond donors (Lipinski definition) is 3. The van der Waals surface area contributed by atoms with E-state index in [1.54, 1.807) is 6.92 Å². The Kier molecular flexibility index (Phi) is 9.94. The quantitative estimate of drug-likeness (QED) is 0.370. The van der Waals surface area contributed by atoms with Gasteiger partial charge in [0.15, 0.2) is 0 Å². The van der Waals surface area contributed by atoms with Crippen LogP contribution >= 0.6 is 12.4 Å². The number of allylic oxidation sites excluding steroid dienone is 1. The van der Waals surface area contributed by atoms with Crippen LogP contribution in [-0.2, 0) is 4.79 Å². The molecular weight excluding hydrogens is 230 g/mol. The van der Waals surface area contributed by atoms with Gasteiger partial charge in [0.25, 0.3) is 0 Å². The van der Waals surface area contributed by atoms with Crippen LogP contribution in [0, 0.1) is 0 Å². The molecular formula is C10H20ClN3O2. The minimum Gasteiger partial charge on any atom is -0.480 e. The van der Waals surface area contributed by atoms with Gasteiger partial charge in [-0.1, -0.05) is 11.6 Å². The number of carbonyl (C=O) groups is 1. The monoisotopic (exact) mass is 249 g/mol. The van der Waals surface area contributed by atoms with Crippen LogP contribution in [0.1, 0.15) is 26.7 Å². The second-order valence-electron chi connectivity index (χ2n) is 3.53. The molecule has 0 aromatic rings. The zero-order valence-corrected chi connectivity index (χ0v) is 10.5. The van der Waals surface area contributed by atoms with E-state index in [4.69, 9.17) is 16.6 Å². The van der Waals surface area contributed by atoms with Crippen molar-refractivity contribution in [2.75, 3.05) is 6.54 Å². The minimum atomic E-state index is -0.961. The molecule has 0 amide bonds. The van der Waals surface area contributed by atoms with Crippen LogP contribution in [0.2, 0.25) is 0 Å². The van der Waals surface area contributed by atoms with E-state index in [0.29, 0.717) is 25.2 Å². The predicted octanol–water partition coefficient (Wildman–Crippen LogP) is 0.924. The first-order valence-electron chi connectivity index (χ1n) is 4.84.